The largest absolute Gasteiger partial charge is 0.300 e. The van der Waals surface area contributed by atoms with E-state index in [9.17, 15) is 0 Å². The van der Waals surface area contributed by atoms with Crippen LogP contribution in [0.3, 0.4) is 0 Å². The summed E-state index contributed by atoms with van der Waals surface area (Å²) in [5.74, 6) is 1.05. The lowest BCUT2D eigenvalue weighted by Gasteiger charge is -2.36. The van der Waals surface area contributed by atoms with Crippen molar-refractivity contribution in [3.8, 4) is 0 Å². The fourth-order valence-corrected chi connectivity index (χ4v) is 3.85. The third kappa shape index (κ3) is 1.41. The second-order valence-electron chi connectivity index (χ2n) is 5.94. The fraction of sp³-hybridized carbons (Fsp3) is 1.00. The SMILES string of the molecule is C[C@@H]1CC12CCN(C1CCCC1)CC2. The maximum Gasteiger partial charge on any atom is 0.00952 e. The molecule has 0 aromatic rings. The monoisotopic (exact) mass is 193 g/mol. The highest BCUT2D eigenvalue weighted by atomic mass is 15.2. The van der Waals surface area contributed by atoms with Crippen LogP contribution >= 0.6 is 0 Å². The molecule has 0 N–H and O–H groups in total. The van der Waals surface area contributed by atoms with Crippen molar-refractivity contribution in [2.24, 2.45) is 11.3 Å². The molecule has 14 heavy (non-hydrogen) atoms. The Kier molecular flexibility index (Phi) is 2.12. The first kappa shape index (κ1) is 9.21. The summed E-state index contributed by atoms with van der Waals surface area (Å²) in [6.07, 6.45) is 10.5. The number of likely N-dealkylation sites (tertiary alicyclic amines) is 1. The minimum atomic E-state index is 0.828. The average Bonchev–Trinajstić information content (AvgIpc) is 2.70. The molecular formula is C13H23N. The second kappa shape index (κ2) is 3.23. The van der Waals surface area contributed by atoms with Crippen LogP contribution < -0.4 is 0 Å². The maximum atomic E-state index is 2.79. The lowest BCUT2D eigenvalue weighted by atomic mass is 9.90. The molecule has 1 saturated heterocycles. The molecule has 1 spiro atoms. The third-order valence-corrected chi connectivity index (χ3v) is 5.23. The van der Waals surface area contributed by atoms with Gasteiger partial charge >= 0.3 is 0 Å². The van der Waals surface area contributed by atoms with E-state index in [1.807, 2.05) is 0 Å². The van der Waals surface area contributed by atoms with Crippen LogP contribution in [0, 0.1) is 11.3 Å². The summed E-state index contributed by atoms with van der Waals surface area (Å²) in [5, 5.41) is 0. The minimum absolute atomic E-state index is 0.828. The van der Waals surface area contributed by atoms with Crippen LogP contribution in [0.25, 0.3) is 0 Å². The minimum Gasteiger partial charge on any atom is -0.300 e. The van der Waals surface area contributed by atoms with Gasteiger partial charge in [-0.05, 0) is 56.5 Å². The molecule has 0 amide bonds. The zero-order valence-electron chi connectivity index (χ0n) is 9.47. The van der Waals surface area contributed by atoms with Crippen molar-refractivity contribution in [3.05, 3.63) is 0 Å². The van der Waals surface area contributed by atoms with Gasteiger partial charge in [-0.3, -0.25) is 0 Å². The maximum absolute atomic E-state index is 2.79. The van der Waals surface area contributed by atoms with E-state index < -0.39 is 0 Å². The number of hydrogen-bond donors (Lipinski definition) is 0. The van der Waals surface area contributed by atoms with Gasteiger partial charge in [0.1, 0.15) is 0 Å². The highest BCUT2D eigenvalue weighted by molar-refractivity contribution is 5.03. The molecule has 1 aliphatic heterocycles. The Morgan fingerprint density at radius 1 is 1.07 bits per heavy atom. The summed E-state index contributed by atoms with van der Waals surface area (Å²) in [4.78, 5) is 2.79. The Labute approximate surface area is 87.9 Å². The highest BCUT2D eigenvalue weighted by Gasteiger charge is 2.52. The van der Waals surface area contributed by atoms with Crippen molar-refractivity contribution in [1.29, 1.82) is 0 Å². The number of rotatable bonds is 1. The van der Waals surface area contributed by atoms with Gasteiger partial charge in [0.05, 0.1) is 0 Å². The lowest BCUT2D eigenvalue weighted by molar-refractivity contribution is 0.119. The number of nitrogens with zero attached hydrogens (tertiary/aromatic N) is 1. The molecule has 0 bridgehead atoms. The fourth-order valence-electron chi connectivity index (χ4n) is 3.85. The van der Waals surface area contributed by atoms with Gasteiger partial charge < -0.3 is 4.90 Å². The van der Waals surface area contributed by atoms with Gasteiger partial charge in [0.15, 0.2) is 0 Å². The molecule has 1 heterocycles. The molecule has 80 valence electrons. The summed E-state index contributed by atoms with van der Waals surface area (Å²) >= 11 is 0. The predicted octanol–water partition coefficient (Wildman–Crippen LogP) is 3.05. The van der Waals surface area contributed by atoms with E-state index in [4.69, 9.17) is 0 Å². The van der Waals surface area contributed by atoms with E-state index in [-0.39, 0.29) is 0 Å². The van der Waals surface area contributed by atoms with Gasteiger partial charge in [-0.25, -0.2) is 0 Å². The molecule has 1 nitrogen and oxygen atoms in total. The molecule has 3 fully saturated rings. The first-order chi connectivity index (χ1) is 6.80. The summed E-state index contributed by atoms with van der Waals surface area (Å²) in [6.45, 7) is 5.27. The normalized spacial score (nSPS) is 37.9. The smallest absolute Gasteiger partial charge is 0.00952 e. The Balaban J connectivity index is 1.55. The van der Waals surface area contributed by atoms with Crippen LogP contribution in [0.1, 0.15) is 51.9 Å². The van der Waals surface area contributed by atoms with Gasteiger partial charge in [0.2, 0.25) is 0 Å². The molecule has 0 aromatic heterocycles. The Morgan fingerprint density at radius 2 is 1.64 bits per heavy atom. The van der Waals surface area contributed by atoms with E-state index in [2.05, 4.69) is 11.8 Å². The van der Waals surface area contributed by atoms with Crippen LogP contribution in [0.4, 0.5) is 0 Å². The molecule has 2 saturated carbocycles. The molecule has 1 heteroatoms. The third-order valence-electron chi connectivity index (χ3n) is 5.23. The molecule has 0 aromatic carbocycles. The molecule has 3 aliphatic rings. The van der Waals surface area contributed by atoms with E-state index in [1.54, 1.807) is 0 Å². The van der Waals surface area contributed by atoms with E-state index in [0.29, 0.717) is 0 Å². The molecule has 1 atom stereocenters. The van der Waals surface area contributed by atoms with E-state index in [1.165, 1.54) is 58.0 Å². The van der Waals surface area contributed by atoms with Crippen molar-refractivity contribution in [2.45, 2.75) is 57.9 Å². The van der Waals surface area contributed by atoms with Gasteiger partial charge in [0, 0.05) is 6.04 Å². The molecule has 3 rings (SSSR count). The molecule has 0 unspecified atom stereocenters. The molecule has 2 aliphatic carbocycles. The van der Waals surface area contributed by atoms with Crippen molar-refractivity contribution in [2.75, 3.05) is 13.1 Å². The Morgan fingerprint density at radius 3 is 2.14 bits per heavy atom. The molecular weight excluding hydrogens is 170 g/mol. The van der Waals surface area contributed by atoms with Crippen LogP contribution in [0.15, 0.2) is 0 Å². The summed E-state index contributed by atoms with van der Waals surface area (Å²) in [7, 11) is 0. The van der Waals surface area contributed by atoms with Gasteiger partial charge in [-0.15, -0.1) is 0 Å². The van der Waals surface area contributed by atoms with Gasteiger partial charge in [-0.2, -0.15) is 0 Å². The van der Waals surface area contributed by atoms with Gasteiger partial charge in [-0.1, -0.05) is 19.8 Å². The van der Waals surface area contributed by atoms with E-state index >= 15 is 0 Å². The van der Waals surface area contributed by atoms with Crippen molar-refractivity contribution in [3.63, 3.8) is 0 Å². The predicted molar refractivity (Wildman–Crippen MR) is 59.3 cm³/mol. The Hall–Kier alpha value is -0.0400. The van der Waals surface area contributed by atoms with Crippen LogP contribution in [-0.4, -0.2) is 24.0 Å². The Bertz CT molecular complexity index is 209. The van der Waals surface area contributed by atoms with Crippen LogP contribution in [-0.2, 0) is 0 Å². The van der Waals surface area contributed by atoms with Crippen LogP contribution in [0.2, 0.25) is 0 Å². The quantitative estimate of drug-likeness (QED) is 0.618. The lowest BCUT2D eigenvalue weighted by Crippen LogP contribution is -2.41. The van der Waals surface area contributed by atoms with Crippen molar-refractivity contribution in [1.82, 2.24) is 4.90 Å². The molecule has 0 radical (unpaired) electrons. The van der Waals surface area contributed by atoms with E-state index in [0.717, 1.165) is 17.4 Å². The standard InChI is InChI=1S/C13H23N/c1-11-10-13(11)6-8-14(9-7-13)12-4-2-3-5-12/h11-12H,2-10H2,1H3/t11-/m1/s1. The van der Waals surface area contributed by atoms with Crippen molar-refractivity contribution < 1.29 is 0 Å². The summed E-state index contributed by atoms with van der Waals surface area (Å²) in [6, 6.07) is 0.974. The second-order valence-corrected chi connectivity index (χ2v) is 5.94. The highest BCUT2D eigenvalue weighted by Crippen LogP contribution is 2.59. The summed E-state index contributed by atoms with van der Waals surface area (Å²) < 4.78 is 0. The zero-order valence-corrected chi connectivity index (χ0v) is 9.47. The summed E-state index contributed by atoms with van der Waals surface area (Å²) in [5.41, 5.74) is 0.828. The number of piperidine rings is 1. The number of hydrogen-bond acceptors (Lipinski definition) is 1. The first-order valence-electron chi connectivity index (χ1n) is 6.54. The average molecular weight is 193 g/mol. The van der Waals surface area contributed by atoms with Crippen molar-refractivity contribution >= 4 is 0 Å². The first-order valence-corrected chi connectivity index (χ1v) is 6.54. The zero-order chi connectivity index (χ0) is 9.60. The van der Waals surface area contributed by atoms with Crippen LogP contribution in [0.5, 0.6) is 0 Å². The topological polar surface area (TPSA) is 3.24 Å². The van der Waals surface area contributed by atoms with Gasteiger partial charge in [0.25, 0.3) is 0 Å².